The Labute approximate surface area is 79.7 Å². The lowest BCUT2D eigenvalue weighted by atomic mass is 10.3. The lowest BCUT2D eigenvalue weighted by molar-refractivity contribution is -0.142. The van der Waals surface area contributed by atoms with Gasteiger partial charge in [0.25, 0.3) is 0 Å². The van der Waals surface area contributed by atoms with E-state index < -0.39 is 11.8 Å². The van der Waals surface area contributed by atoms with Crippen LogP contribution < -0.4 is 5.82 Å². The summed E-state index contributed by atoms with van der Waals surface area (Å²) in [7, 11) is 0. The second-order valence-electron chi connectivity index (χ2n) is 3.30. The Bertz CT molecular complexity index is 396. The van der Waals surface area contributed by atoms with Gasteiger partial charge in [-0.2, -0.15) is 0 Å². The van der Waals surface area contributed by atoms with E-state index in [1.807, 2.05) is 0 Å². The van der Waals surface area contributed by atoms with Crippen molar-refractivity contribution in [1.29, 1.82) is 0 Å². The Kier molecular flexibility index (Phi) is 2.15. The molecular weight excluding hydrogens is 188 g/mol. The summed E-state index contributed by atoms with van der Waals surface area (Å²) in [6, 6.07) is 0. The van der Waals surface area contributed by atoms with E-state index in [0.29, 0.717) is 11.5 Å². The molecule has 76 valence electrons. The molecule has 1 heterocycles. The highest BCUT2D eigenvalue weighted by Gasteiger charge is 2.32. The fourth-order valence-electron chi connectivity index (χ4n) is 1.24. The van der Waals surface area contributed by atoms with Crippen molar-refractivity contribution in [3.05, 3.63) is 22.1 Å². The largest absolute Gasteiger partial charge is 0.519 e. The molecule has 14 heavy (non-hydrogen) atoms. The monoisotopic (exact) mass is 198 g/mol. The number of hydrogen-bond acceptors (Lipinski definition) is 5. The molecule has 0 saturated heterocycles. The average molecular weight is 198 g/mol. The van der Waals surface area contributed by atoms with Gasteiger partial charge in [-0.1, -0.05) is 0 Å². The van der Waals surface area contributed by atoms with Crippen LogP contribution in [-0.2, 0) is 16.1 Å². The van der Waals surface area contributed by atoms with Crippen molar-refractivity contribution < 1.29 is 18.4 Å². The van der Waals surface area contributed by atoms with Crippen LogP contribution in [-0.4, -0.2) is 5.97 Å². The maximum atomic E-state index is 10.8. The van der Waals surface area contributed by atoms with Gasteiger partial charge in [-0.3, -0.25) is 4.79 Å². The lowest BCUT2D eigenvalue weighted by Crippen LogP contribution is -1.99. The van der Waals surface area contributed by atoms with Crippen LogP contribution in [0.3, 0.4) is 0 Å². The summed E-state index contributed by atoms with van der Waals surface area (Å²) in [4.78, 5) is 21.4. The van der Waals surface area contributed by atoms with Gasteiger partial charge in [-0.15, -0.1) is 0 Å². The second kappa shape index (κ2) is 3.32. The molecule has 1 aliphatic rings. The molecule has 0 N–H and O–H groups in total. The fraction of sp³-hybridized carbons (Fsp3) is 0.556. The van der Waals surface area contributed by atoms with E-state index >= 15 is 0 Å². The highest BCUT2D eigenvalue weighted by Crippen LogP contribution is 2.41. The summed E-state index contributed by atoms with van der Waals surface area (Å²) >= 11 is 0. The van der Waals surface area contributed by atoms with Crippen LogP contribution in [0.15, 0.2) is 13.6 Å². The highest BCUT2D eigenvalue weighted by molar-refractivity contribution is 5.65. The van der Waals surface area contributed by atoms with E-state index in [1.54, 1.807) is 0 Å². The number of carbonyl (C=O) groups excluding carboxylic acids is 1. The van der Waals surface area contributed by atoms with Crippen molar-refractivity contribution in [2.75, 3.05) is 0 Å². The topological polar surface area (TPSA) is 69.7 Å². The van der Waals surface area contributed by atoms with E-state index in [2.05, 4.69) is 0 Å². The second-order valence-corrected chi connectivity index (χ2v) is 3.30. The molecule has 1 saturated carbocycles. The van der Waals surface area contributed by atoms with Gasteiger partial charge >= 0.3 is 11.8 Å². The van der Waals surface area contributed by atoms with Crippen LogP contribution in [0.5, 0.6) is 0 Å². The predicted molar refractivity (Wildman–Crippen MR) is 44.7 cm³/mol. The first-order valence-electron chi connectivity index (χ1n) is 4.43. The Morgan fingerprint density at radius 1 is 1.50 bits per heavy atom. The Morgan fingerprint density at radius 2 is 2.21 bits per heavy atom. The zero-order valence-electron chi connectivity index (χ0n) is 7.74. The van der Waals surface area contributed by atoms with Gasteiger partial charge in [-0.05, 0) is 12.8 Å². The Morgan fingerprint density at radius 3 is 2.79 bits per heavy atom. The van der Waals surface area contributed by atoms with Gasteiger partial charge in [0.1, 0.15) is 0 Å². The highest BCUT2D eigenvalue weighted by atomic mass is 16.6. The number of esters is 1. The van der Waals surface area contributed by atoms with Crippen LogP contribution in [0, 0.1) is 0 Å². The van der Waals surface area contributed by atoms with Crippen molar-refractivity contribution in [1.82, 2.24) is 0 Å². The molecule has 0 aliphatic heterocycles. The maximum absolute atomic E-state index is 10.8. The number of carbonyl (C=O) groups is 1. The average Bonchev–Trinajstić information content (AvgIpc) is 2.87. The summed E-state index contributed by atoms with van der Waals surface area (Å²) in [6.07, 6.45) is 1.99. The summed E-state index contributed by atoms with van der Waals surface area (Å²) < 4.78 is 14.4. The molecule has 1 aromatic heterocycles. The molecule has 5 nitrogen and oxygen atoms in total. The summed E-state index contributed by atoms with van der Waals surface area (Å²) in [5.74, 6) is 0.0145. The van der Waals surface area contributed by atoms with Crippen molar-refractivity contribution in [3.8, 4) is 0 Å². The van der Waals surface area contributed by atoms with Crippen molar-refractivity contribution >= 4 is 5.97 Å². The molecular formula is C9H10O5. The first-order valence-corrected chi connectivity index (χ1v) is 4.43. The van der Waals surface area contributed by atoms with Gasteiger partial charge in [0.15, 0.2) is 18.1 Å². The third-order valence-electron chi connectivity index (χ3n) is 2.03. The van der Waals surface area contributed by atoms with Gasteiger partial charge in [0.05, 0.1) is 0 Å². The molecule has 1 fully saturated rings. The first kappa shape index (κ1) is 9.05. The SMILES string of the molecule is CC(=O)OCc1oc(=O)oc1C1CC1. The molecule has 0 unspecified atom stereocenters. The number of rotatable bonds is 3. The molecule has 0 atom stereocenters. The Balaban J connectivity index is 2.14. The van der Waals surface area contributed by atoms with Crippen LogP contribution >= 0.6 is 0 Å². The van der Waals surface area contributed by atoms with E-state index in [1.165, 1.54) is 6.92 Å². The third-order valence-corrected chi connectivity index (χ3v) is 2.03. The van der Waals surface area contributed by atoms with E-state index in [0.717, 1.165) is 12.8 Å². The Hall–Kier alpha value is -1.52. The molecule has 0 amide bonds. The number of hydrogen-bond donors (Lipinski definition) is 0. The molecule has 5 heteroatoms. The standard InChI is InChI=1S/C9H10O5/c1-5(10)12-4-7-8(6-2-3-6)14-9(11)13-7/h6H,2-4H2,1H3. The van der Waals surface area contributed by atoms with E-state index in [4.69, 9.17) is 13.6 Å². The van der Waals surface area contributed by atoms with Gasteiger partial charge < -0.3 is 13.6 Å². The first-order chi connectivity index (χ1) is 6.66. The molecule has 0 radical (unpaired) electrons. The molecule has 1 aliphatic carbocycles. The van der Waals surface area contributed by atoms with Crippen molar-refractivity contribution in [2.45, 2.75) is 32.3 Å². The van der Waals surface area contributed by atoms with Crippen LogP contribution in [0.4, 0.5) is 0 Å². The zero-order valence-corrected chi connectivity index (χ0v) is 7.74. The van der Waals surface area contributed by atoms with Crippen LogP contribution in [0.25, 0.3) is 0 Å². The minimum Gasteiger partial charge on any atom is -0.458 e. The minimum atomic E-state index is -0.728. The minimum absolute atomic E-state index is 0.0209. The molecule has 0 aromatic carbocycles. The molecule has 1 aromatic rings. The lowest BCUT2D eigenvalue weighted by Gasteiger charge is -1.98. The van der Waals surface area contributed by atoms with Gasteiger partial charge in [0, 0.05) is 12.8 Å². The van der Waals surface area contributed by atoms with Gasteiger partial charge in [0.2, 0.25) is 0 Å². The molecule has 0 spiro atoms. The third kappa shape index (κ3) is 1.86. The quantitative estimate of drug-likeness (QED) is 0.682. The van der Waals surface area contributed by atoms with Crippen LogP contribution in [0.2, 0.25) is 0 Å². The maximum Gasteiger partial charge on any atom is 0.519 e. The van der Waals surface area contributed by atoms with E-state index in [-0.39, 0.29) is 12.5 Å². The summed E-state index contributed by atoms with van der Waals surface area (Å²) in [6.45, 7) is 1.28. The smallest absolute Gasteiger partial charge is 0.458 e. The molecule has 0 bridgehead atoms. The predicted octanol–water partition coefficient (Wildman–Crippen LogP) is 1.17. The van der Waals surface area contributed by atoms with Crippen LogP contribution in [0.1, 0.15) is 37.2 Å². The fourth-order valence-corrected chi connectivity index (χ4v) is 1.24. The number of ether oxygens (including phenoxy) is 1. The normalized spacial score (nSPS) is 15.5. The van der Waals surface area contributed by atoms with Crippen molar-refractivity contribution in [2.24, 2.45) is 0 Å². The van der Waals surface area contributed by atoms with E-state index in [9.17, 15) is 9.59 Å². The molecule has 2 rings (SSSR count). The zero-order chi connectivity index (χ0) is 10.1. The summed E-state index contributed by atoms with van der Waals surface area (Å²) in [5.41, 5.74) is 0. The van der Waals surface area contributed by atoms with Gasteiger partial charge in [-0.25, -0.2) is 4.79 Å². The summed E-state index contributed by atoms with van der Waals surface area (Å²) in [5, 5.41) is 0. The van der Waals surface area contributed by atoms with Crippen molar-refractivity contribution in [3.63, 3.8) is 0 Å².